The van der Waals surface area contributed by atoms with Crippen LogP contribution in [0.5, 0.6) is 0 Å². The van der Waals surface area contributed by atoms with E-state index in [0.29, 0.717) is 6.04 Å². The summed E-state index contributed by atoms with van der Waals surface area (Å²) in [5.41, 5.74) is 1.27. The van der Waals surface area contributed by atoms with Crippen LogP contribution in [0.2, 0.25) is 0 Å². The summed E-state index contributed by atoms with van der Waals surface area (Å²) in [7, 11) is 0. The Morgan fingerprint density at radius 1 is 1.33 bits per heavy atom. The summed E-state index contributed by atoms with van der Waals surface area (Å²) in [4.78, 5) is 2.77. The van der Waals surface area contributed by atoms with Crippen LogP contribution < -0.4 is 56.7 Å². The standard InChI is InChI=1S/C12H11NS.K.H/c1-3-7-11-9(5-1)13-10-6-2-4-8-12(10)14-11;;/h1-5,7-8,10,13H,6H2;;/q;+1;-1. The Hall–Kier alpha value is 0.486. The van der Waals surface area contributed by atoms with Crippen LogP contribution >= 0.6 is 11.8 Å². The van der Waals surface area contributed by atoms with Crippen molar-refractivity contribution >= 4 is 17.4 Å². The van der Waals surface area contributed by atoms with Gasteiger partial charge in [0, 0.05) is 15.5 Å². The van der Waals surface area contributed by atoms with Gasteiger partial charge in [0.05, 0.1) is 6.04 Å². The second kappa shape index (κ2) is 5.21. The first-order valence-electron chi connectivity index (χ1n) is 4.83. The summed E-state index contributed by atoms with van der Waals surface area (Å²) in [6.45, 7) is 0. The molecule has 0 spiro atoms. The van der Waals surface area contributed by atoms with E-state index in [2.05, 4.69) is 47.8 Å². The Kier molecular flexibility index (Phi) is 4.15. The van der Waals surface area contributed by atoms with Crippen LogP contribution in [0.3, 0.4) is 0 Å². The van der Waals surface area contributed by atoms with E-state index in [9.17, 15) is 0 Å². The van der Waals surface area contributed by atoms with Crippen molar-refractivity contribution in [2.24, 2.45) is 0 Å². The van der Waals surface area contributed by atoms with Crippen LogP contribution in [-0.2, 0) is 0 Å². The van der Waals surface area contributed by atoms with Crippen molar-refractivity contribution in [3.8, 4) is 0 Å². The van der Waals surface area contributed by atoms with Gasteiger partial charge in [-0.05, 0) is 18.6 Å². The minimum atomic E-state index is 0. The Labute approximate surface area is 138 Å². The molecule has 0 fully saturated rings. The topological polar surface area (TPSA) is 12.0 Å². The molecule has 1 aliphatic heterocycles. The zero-order chi connectivity index (χ0) is 9.38. The van der Waals surface area contributed by atoms with Crippen molar-refractivity contribution in [2.45, 2.75) is 17.4 Å². The van der Waals surface area contributed by atoms with E-state index in [4.69, 9.17) is 0 Å². The minimum Gasteiger partial charge on any atom is -1.00 e. The molecular formula is C12H12KNS. The molecule has 15 heavy (non-hydrogen) atoms. The summed E-state index contributed by atoms with van der Waals surface area (Å²) < 4.78 is 0. The maximum absolute atomic E-state index is 3.56. The van der Waals surface area contributed by atoms with Crippen molar-refractivity contribution < 1.29 is 52.8 Å². The zero-order valence-electron chi connectivity index (χ0n) is 9.73. The van der Waals surface area contributed by atoms with Gasteiger partial charge in [-0.3, -0.25) is 0 Å². The van der Waals surface area contributed by atoms with Gasteiger partial charge in [-0.25, -0.2) is 0 Å². The average molecular weight is 241 g/mol. The van der Waals surface area contributed by atoms with Gasteiger partial charge < -0.3 is 6.74 Å². The first kappa shape index (κ1) is 12.0. The first-order chi connectivity index (χ1) is 6.93. The van der Waals surface area contributed by atoms with Gasteiger partial charge >= 0.3 is 51.4 Å². The Morgan fingerprint density at radius 2 is 2.20 bits per heavy atom. The number of nitrogens with one attached hydrogen (secondary N) is 1. The van der Waals surface area contributed by atoms with Crippen LogP contribution in [0.4, 0.5) is 5.69 Å². The SMILES string of the molecule is C1=CCC2Nc3ccccc3SC2=C1.[H-].[K+]. The van der Waals surface area contributed by atoms with Gasteiger partial charge in [-0.2, -0.15) is 0 Å². The van der Waals surface area contributed by atoms with Gasteiger partial charge in [-0.1, -0.05) is 42.1 Å². The second-order valence-corrected chi connectivity index (χ2v) is 4.64. The van der Waals surface area contributed by atoms with E-state index >= 15 is 0 Å². The maximum atomic E-state index is 3.56. The number of fused-ring (bicyclic) bond motifs is 2. The van der Waals surface area contributed by atoms with Crippen molar-refractivity contribution in [1.29, 1.82) is 0 Å². The molecule has 1 atom stereocenters. The molecule has 0 saturated heterocycles. The number of anilines is 1. The molecule has 3 heteroatoms. The van der Waals surface area contributed by atoms with E-state index in [1.165, 1.54) is 15.5 Å². The summed E-state index contributed by atoms with van der Waals surface area (Å²) in [6.07, 6.45) is 7.68. The molecule has 0 aromatic heterocycles. The number of rotatable bonds is 0. The molecule has 0 saturated carbocycles. The zero-order valence-corrected chi connectivity index (χ0v) is 12.7. The Balaban J connectivity index is 0.000000640. The van der Waals surface area contributed by atoms with Gasteiger partial charge in [0.25, 0.3) is 0 Å². The minimum absolute atomic E-state index is 0. The molecule has 0 bridgehead atoms. The third-order valence-electron chi connectivity index (χ3n) is 2.56. The average Bonchev–Trinajstić information content (AvgIpc) is 2.26. The molecule has 0 amide bonds. The molecule has 1 aromatic rings. The van der Waals surface area contributed by atoms with Crippen molar-refractivity contribution in [2.75, 3.05) is 5.32 Å². The molecule has 1 aliphatic carbocycles. The summed E-state index contributed by atoms with van der Waals surface area (Å²) >= 11 is 1.89. The number of para-hydroxylation sites is 1. The predicted molar refractivity (Wildman–Crippen MR) is 62.7 cm³/mol. The van der Waals surface area contributed by atoms with E-state index in [0.717, 1.165) is 6.42 Å². The quantitative estimate of drug-likeness (QED) is 0.665. The van der Waals surface area contributed by atoms with Gasteiger partial charge in [0.1, 0.15) is 0 Å². The first-order valence-corrected chi connectivity index (χ1v) is 5.65. The number of hydrogen-bond acceptors (Lipinski definition) is 2. The van der Waals surface area contributed by atoms with Gasteiger partial charge in [0.15, 0.2) is 0 Å². The van der Waals surface area contributed by atoms with Crippen LogP contribution in [-0.4, -0.2) is 6.04 Å². The Bertz CT molecular complexity index is 431. The van der Waals surface area contributed by atoms with E-state index in [1.807, 2.05) is 11.8 Å². The summed E-state index contributed by atoms with van der Waals surface area (Å²) in [5, 5.41) is 3.56. The van der Waals surface area contributed by atoms with Crippen LogP contribution in [0.25, 0.3) is 0 Å². The molecular weight excluding hydrogens is 229 g/mol. The summed E-state index contributed by atoms with van der Waals surface area (Å²) in [5.74, 6) is 0. The number of hydrogen-bond donors (Lipinski definition) is 1. The predicted octanol–water partition coefficient (Wildman–Crippen LogP) is 0.533. The normalized spacial score (nSPS) is 21.6. The number of thioether (sulfide) groups is 1. The molecule has 0 radical (unpaired) electrons. The molecule has 1 unspecified atom stereocenters. The van der Waals surface area contributed by atoms with Crippen LogP contribution in [0.1, 0.15) is 7.85 Å². The fourth-order valence-corrected chi connectivity index (χ4v) is 2.92. The van der Waals surface area contributed by atoms with Gasteiger partial charge in [0.2, 0.25) is 0 Å². The second-order valence-electron chi connectivity index (χ2n) is 3.53. The smallest absolute Gasteiger partial charge is 1.00 e. The van der Waals surface area contributed by atoms with Crippen molar-refractivity contribution in [3.63, 3.8) is 0 Å². The monoisotopic (exact) mass is 241 g/mol. The molecule has 1 nitrogen and oxygen atoms in total. The molecule has 72 valence electrons. The van der Waals surface area contributed by atoms with E-state index < -0.39 is 0 Å². The fourth-order valence-electron chi connectivity index (χ4n) is 1.83. The molecule has 3 rings (SSSR count). The van der Waals surface area contributed by atoms with Crippen LogP contribution in [0.15, 0.2) is 52.3 Å². The summed E-state index contributed by atoms with van der Waals surface area (Å²) in [6, 6.07) is 8.99. The van der Waals surface area contributed by atoms with Gasteiger partial charge in [-0.15, -0.1) is 0 Å². The molecule has 1 aromatic carbocycles. The molecule has 1 heterocycles. The van der Waals surface area contributed by atoms with Crippen LogP contribution in [0, 0.1) is 0 Å². The van der Waals surface area contributed by atoms with E-state index in [-0.39, 0.29) is 52.8 Å². The fraction of sp³-hybridized carbons (Fsp3) is 0.167. The number of allylic oxidation sites excluding steroid dienone is 2. The number of benzene rings is 1. The van der Waals surface area contributed by atoms with Crippen molar-refractivity contribution in [1.82, 2.24) is 0 Å². The third-order valence-corrected chi connectivity index (χ3v) is 3.79. The van der Waals surface area contributed by atoms with E-state index in [1.54, 1.807) is 0 Å². The molecule has 1 N–H and O–H groups in total. The molecule has 2 aliphatic rings. The van der Waals surface area contributed by atoms with Crippen molar-refractivity contribution in [3.05, 3.63) is 47.4 Å². The Morgan fingerprint density at radius 3 is 3.13 bits per heavy atom. The maximum Gasteiger partial charge on any atom is 1.00 e. The largest absolute Gasteiger partial charge is 1.00 e. The third kappa shape index (κ3) is 2.43.